The van der Waals surface area contributed by atoms with Crippen molar-refractivity contribution >= 4 is 34.3 Å². The summed E-state index contributed by atoms with van der Waals surface area (Å²) in [6.07, 6.45) is 0. The van der Waals surface area contributed by atoms with Gasteiger partial charge in [0.15, 0.2) is 12.4 Å². The van der Waals surface area contributed by atoms with Crippen molar-refractivity contribution in [3.8, 4) is 11.3 Å². The molecule has 0 N–H and O–H groups in total. The van der Waals surface area contributed by atoms with Crippen LogP contribution in [0.4, 0.5) is 0 Å². The van der Waals surface area contributed by atoms with Crippen molar-refractivity contribution in [1.29, 1.82) is 0 Å². The van der Waals surface area contributed by atoms with E-state index in [1.165, 1.54) is 0 Å². The number of benzene rings is 3. The summed E-state index contributed by atoms with van der Waals surface area (Å²) in [5.41, 5.74) is 4.82. The summed E-state index contributed by atoms with van der Waals surface area (Å²) < 4.78 is 5.39. The topological polar surface area (TPSA) is 56.3 Å². The fourth-order valence-electron chi connectivity index (χ4n) is 3.36. The van der Waals surface area contributed by atoms with Crippen LogP contribution in [-0.4, -0.2) is 23.3 Å². The van der Waals surface area contributed by atoms with Gasteiger partial charge in [-0.25, -0.2) is 9.78 Å². The second kappa shape index (κ2) is 8.70. The van der Waals surface area contributed by atoms with E-state index in [-0.39, 0.29) is 12.4 Å². The Balaban J connectivity index is 1.70. The van der Waals surface area contributed by atoms with Gasteiger partial charge in [0.05, 0.1) is 16.8 Å². The molecule has 5 heteroatoms. The lowest BCUT2D eigenvalue weighted by Crippen LogP contribution is -2.15. The van der Waals surface area contributed by atoms with Crippen molar-refractivity contribution in [2.75, 3.05) is 6.61 Å². The first kappa shape index (κ1) is 20.8. The normalized spacial score (nSPS) is 10.8. The zero-order valence-electron chi connectivity index (χ0n) is 17.2. The molecule has 154 valence electrons. The van der Waals surface area contributed by atoms with E-state index in [1.54, 1.807) is 30.3 Å². The van der Waals surface area contributed by atoms with E-state index in [4.69, 9.17) is 21.3 Å². The maximum absolute atomic E-state index is 13.0. The minimum atomic E-state index is -0.577. The molecule has 1 heterocycles. The highest BCUT2D eigenvalue weighted by atomic mass is 35.5. The van der Waals surface area contributed by atoms with Gasteiger partial charge in [-0.2, -0.15) is 0 Å². The first-order valence-electron chi connectivity index (χ1n) is 9.86. The van der Waals surface area contributed by atoms with Gasteiger partial charge >= 0.3 is 5.97 Å². The van der Waals surface area contributed by atoms with Gasteiger partial charge in [0.2, 0.25) is 0 Å². The summed E-state index contributed by atoms with van der Waals surface area (Å²) >= 11 is 6.30. The summed E-state index contributed by atoms with van der Waals surface area (Å²) in [5, 5.41) is 1.20. The molecule has 4 aromatic rings. The molecular weight excluding hydrogens is 410 g/mol. The fraction of sp³-hybridized carbons (Fsp3) is 0.115. The van der Waals surface area contributed by atoms with Crippen LogP contribution in [0.1, 0.15) is 31.8 Å². The van der Waals surface area contributed by atoms with Gasteiger partial charge < -0.3 is 4.74 Å². The number of esters is 1. The molecule has 0 saturated heterocycles. The van der Waals surface area contributed by atoms with Gasteiger partial charge in [-0.3, -0.25) is 4.79 Å². The number of pyridine rings is 1. The molecule has 0 amide bonds. The van der Waals surface area contributed by atoms with Gasteiger partial charge in [-0.1, -0.05) is 77.8 Å². The molecule has 0 saturated carbocycles. The number of carbonyl (C=O) groups excluding carboxylic acids is 2. The lowest BCUT2D eigenvalue weighted by Gasteiger charge is -2.12. The van der Waals surface area contributed by atoms with Gasteiger partial charge in [0.1, 0.15) is 0 Å². The maximum Gasteiger partial charge on any atom is 0.339 e. The number of halogens is 1. The number of fused-ring (bicyclic) bond motifs is 1. The number of nitrogens with zero attached hydrogens (tertiary/aromatic N) is 1. The fourth-order valence-corrected chi connectivity index (χ4v) is 3.51. The number of hydrogen-bond acceptors (Lipinski definition) is 4. The summed E-state index contributed by atoms with van der Waals surface area (Å²) in [6.45, 7) is 3.48. The minimum absolute atomic E-state index is 0.255. The zero-order valence-corrected chi connectivity index (χ0v) is 17.9. The molecule has 0 radical (unpaired) electrons. The highest BCUT2D eigenvalue weighted by Crippen LogP contribution is 2.30. The van der Waals surface area contributed by atoms with Gasteiger partial charge in [0, 0.05) is 21.5 Å². The molecule has 0 spiro atoms. The van der Waals surface area contributed by atoms with Crippen molar-refractivity contribution in [3.05, 3.63) is 100 Å². The Hall–Kier alpha value is -3.50. The van der Waals surface area contributed by atoms with Gasteiger partial charge in [-0.05, 0) is 31.5 Å². The first-order chi connectivity index (χ1) is 14.9. The van der Waals surface area contributed by atoms with Crippen LogP contribution < -0.4 is 0 Å². The predicted octanol–water partition coefficient (Wildman–Crippen LogP) is 6.21. The molecule has 4 nitrogen and oxygen atoms in total. The number of Topliss-reactive ketones (excluding diaryl/α,β-unsaturated/α-hetero) is 1. The SMILES string of the molecule is Cc1ccc(C(=O)COC(=O)c2cc(-c3ccccc3)nc3c(C)c(Cl)ccc23)cc1. The molecule has 0 fully saturated rings. The van der Waals surface area contributed by atoms with E-state index in [0.717, 1.165) is 16.7 Å². The molecule has 0 aliphatic heterocycles. The highest BCUT2D eigenvalue weighted by molar-refractivity contribution is 6.32. The van der Waals surface area contributed by atoms with E-state index >= 15 is 0 Å². The molecule has 31 heavy (non-hydrogen) atoms. The molecule has 3 aromatic carbocycles. The third kappa shape index (κ3) is 4.35. The van der Waals surface area contributed by atoms with Crippen LogP contribution >= 0.6 is 11.6 Å². The standard InChI is InChI=1S/C26H20ClNO3/c1-16-8-10-19(11-9-16)24(29)15-31-26(30)21-14-23(18-6-4-3-5-7-18)28-25-17(2)22(27)13-12-20(21)25/h3-14H,15H2,1-2H3. The van der Waals surface area contributed by atoms with E-state index < -0.39 is 5.97 Å². The van der Waals surface area contributed by atoms with Crippen LogP contribution in [0.15, 0.2) is 72.8 Å². The summed E-state index contributed by atoms with van der Waals surface area (Å²) in [7, 11) is 0. The molecule has 0 aliphatic carbocycles. The van der Waals surface area contributed by atoms with Crippen LogP contribution in [0, 0.1) is 13.8 Å². The summed E-state index contributed by atoms with van der Waals surface area (Å²) in [6, 6.07) is 21.9. The third-order valence-corrected chi connectivity index (χ3v) is 5.58. The average Bonchev–Trinajstić information content (AvgIpc) is 2.80. The van der Waals surface area contributed by atoms with Crippen LogP contribution in [-0.2, 0) is 4.74 Å². The first-order valence-corrected chi connectivity index (χ1v) is 10.2. The van der Waals surface area contributed by atoms with Crippen LogP contribution in [0.2, 0.25) is 5.02 Å². The number of aromatic nitrogens is 1. The second-order valence-corrected chi connectivity index (χ2v) is 7.76. The molecule has 4 rings (SSSR count). The highest BCUT2D eigenvalue weighted by Gasteiger charge is 2.19. The quantitative estimate of drug-likeness (QED) is 0.279. The van der Waals surface area contributed by atoms with Crippen molar-refractivity contribution in [1.82, 2.24) is 4.98 Å². The molecular formula is C26H20ClNO3. The molecule has 1 aromatic heterocycles. The van der Waals surface area contributed by atoms with Crippen molar-refractivity contribution < 1.29 is 14.3 Å². The second-order valence-electron chi connectivity index (χ2n) is 7.35. The van der Waals surface area contributed by atoms with Crippen molar-refractivity contribution in [2.45, 2.75) is 13.8 Å². The molecule has 0 bridgehead atoms. The number of hydrogen-bond donors (Lipinski definition) is 0. The van der Waals surface area contributed by atoms with E-state index in [0.29, 0.717) is 32.7 Å². The molecule has 0 unspecified atom stereocenters. The third-order valence-electron chi connectivity index (χ3n) is 5.17. The lowest BCUT2D eigenvalue weighted by molar-refractivity contribution is 0.0476. The largest absolute Gasteiger partial charge is 0.454 e. The van der Waals surface area contributed by atoms with Gasteiger partial charge in [-0.15, -0.1) is 0 Å². The average molecular weight is 430 g/mol. The predicted molar refractivity (Wildman–Crippen MR) is 123 cm³/mol. The van der Waals surface area contributed by atoms with Crippen LogP contribution in [0.5, 0.6) is 0 Å². The van der Waals surface area contributed by atoms with Crippen molar-refractivity contribution in [2.24, 2.45) is 0 Å². The monoisotopic (exact) mass is 429 g/mol. The summed E-state index contributed by atoms with van der Waals surface area (Å²) in [5.74, 6) is -0.832. The van der Waals surface area contributed by atoms with Crippen LogP contribution in [0.25, 0.3) is 22.2 Å². The number of ether oxygens (including phenoxy) is 1. The Morgan fingerprint density at radius 2 is 1.65 bits per heavy atom. The molecule has 0 atom stereocenters. The minimum Gasteiger partial charge on any atom is -0.454 e. The van der Waals surface area contributed by atoms with Crippen LogP contribution in [0.3, 0.4) is 0 Å². The molecule has 0 aliphatic rings. The number of aryl methyl sites for hydroxylation is 2. The number of ketones is 1. The summed E-state index contributed by atoms with van der Waals surface area (Å²) in [4.78, 5) is 30.2. The smallest absolute Gasteiger partial charge is 0.339 e. The Labute approximate surface area is 185 Å². The number of carbonyl (C=O) groups is 2. The van der Waals surface area contributed by atoms with Gasteiger partial charge in [0.25, 0.3) is 0 Å². The van der Waals surface area contributed by atoms with Crippen molar-refractivity contribution in [3.63, 3.8) is 0 Å². The van der Waals surface area contributed by atoms with E-state index in [1.807, 2.05) is 56.3 Å². The zero-order chi connectivity index (χ0) is 22.0. The lowest BCUT2D eigenvalue weighted by atomic mass is 10.0. The Morgan fingerprint density at radius 1 is 0.935 bits per heavy atom. The Morgan fingerprint density at radius 3 is 2.35 bits per heavy atom. The number of rotatable bonds is 5. The maximum atomic E-state index is 13.0. The Bertz CT molecular complexity index is 1280. The van der Waals surface area contributed by atoms with E-state index in [2.05, 4.69) is 0 Å². The van der Waals surface area contributed by atoms with E-state index in [9.17, 15) is 9.59 Å². The Kier molecular flexibility index (Phi) is 5.83.